The number of carbonyl (C=O) groups is 1. The molecule has 17 heavy (non-hydrogen) atoms. The van der Waals surface area contributed by atoms with Crippen molar-refractivity contribution >= 4 is 11.6 Å². The molecule has 1 aromatic carbocycles. The molecule has 0 aliphatic heterocycles. The van der Waals surface area contributed by atoms with Crippen molar-refractivity contribution in [3.05, 3.63) is 23.8 Å². The summed E-state index contributed by atoms with van der Waals surface area (Å²) in [5.74, 6) is -0.571. The van der Waals surface area contributed by atoms with E-state index in [2.05, 4.69) is 0 Å². The van der Waals surface area contributed by atoms with Crippen molar-refractivity contribution in [3.8, 4) is 5.75 Å². The number of anilines is 1. The van der Waals surface area contributed by atoms with Crippen LogP contribution in [0, 0.1) is 0 Å². The van der Waals surface area contributed by atoms with E-state index in [4.69, 9.17) is 16.2 Å². The molecule has 7 heteroatoms. The van der Waals surface area contributed by atoms with E-state index in [-0.39, 0.29) is 17.0 Å². The van der Waals surface area contributed by atoms with Gasteiger partial charge in [0.15, 0.2) is 0 Å². The van der Waals surface area contributed by atoms with Gasteiger partial charge >= 0.3 is 6.18 Å². The highest BCUT2D eigenvalue weighted by atomic mass is 19.4. The topological polar surface area (TPSA) is 78.3 Å². The van der Waals surface area contributed by atoms with Crippen molar-refractivity contribution in [2.75, 3.05) is 12.3 Å². The highest BCUT2D eigenvalue weighted by Gasteiger charge is 2.26. The lowest BCUT2D eigenvalue weighted by Crippen LogP contribution is -2.14. The van der Waals surface area contributed by atoms with E-state index >= 15 is 0 Å². The van der Waals surface area contributed by atoms with Gasteiger partial charge in [-0.05, 0) is 18.2 Å². The van der Waals surface area contributed by atoms with Crippen LogP contribution < -0.4 is 16.2 Å². The summed E-state index contributed by atoms with van der Waals surface area (Å²) in [6, 6.07) is 3.90. The number of rotatable bonds is 4. The fraction of sp³-hybridized carbons (Fsp3) is 0.300. The number of alkyl halides is 3. The van der Waals surface area contributed by atoms with Crippen LogP contribution in [0.15, 0.2) is 18.2 Å². The average molecular weight is 248 g/mol. The number of nitrogen functional groups attached to an aromatic ring is 1. The van der Waals surface area contributed by atoms with E-state index in [0.717, 1.165) is 0 Å². The molecule has 0 aromatic heterocycles. The Hall–Kier alpha value is -1.92. The molecule has 1 rings (SSSR count). The number of primary amides is 1. The maximum Gasteiger partial charge on any atom is 0.392 e. The third-order valence-electron chi connectivity index (χ3n) is 1.94. The standard InChI is InChI=1S/C10H11F3N2O2/c11-10(12,13)3-4-17-8-2-1-6(9(15)16)5-7(8)14/h1-2,5H,3-4,14H2,(H2,15,16). The van der Waals surface area contributed by atoms with Gasteiger partial charge in [0.05, 0.1) is 18.7 Å². The molecule has 1 aromatic rings. The number of carbonyl (C=O) groups excluding carboxylic acids is 1. The van der Waals surface area contributed by atoms with Crippen molar-refractivity contribution in [2.24, 2.45) is 5.73 Å². The smallest absolute Gasteiger partial charge is 0.392 e. The van der Waals surface area contributed by atoms with Gasteiger partial charge < -0.3 is 16.2 Å². The SMILES string of the molecule is NC(=O)c1ccc(OCCC(F)(F)F)c(N)c1. The number of nitrogens with two attached hydrogens (primary N) is 2. The third-order valence-corrected chi connectivity index (χ3v) is 1.94. The molecule has 0 saturated carbocycles. The Kier molecular flexibility index (Phi) is 3.82. The molecule has 0 heterocycles. The predicted octanol–water partition coefficient (Wildman–Crippen LogP) is 1.70. The van der Waals surface area contributed by atoms with Gasteiger partial charge in [-0.1, -0.05) is 0 Å². The van der Waals surface area contributed by atoms with Crippen LogP contribution >= 0.6 is 0 Å². The van der Waals surface area contributed by atoms with Gasteiger partial charge in [0.25, 0.3) is 0 Å². The second-order valence-corrected chi connectivity index (χ2v) is 3.33. The van der Waals surface area contributed by atoms with E-state index < -0.39 is 25.1 Å². The van der Waals surface area contributed by atoms with Gasteiger partial charge in [-0.15, -0.1) is 0 Å². The minimum atomic E-state index is -4.28. The molecule has 0 unspecified atom stereocenters. The first-order valence-electron chi connectivity index (χ1n) is 4.68. The number of ether oxygens (including phenoxy) is 1. The van der Waals surface area contributed by atoms with Gasteiger partial charge in [0, 0.05) is 5.56 Å². The molecule has 4 nitrogen and oxygen atoms in total. The molecule has 0 fully saturated rings. The fourth-order valence-corrected chi connectivity index (χ4v) is 1.11. The van der Waals surface area contributed by atoms with Crippen LogP contribution in [0.2, 0.25) is 0 Å². The zero-order chi connectivity index (χ0) is 13.1. The maximum absolute atomic E-state index is 11.9. The molecule has 0 bridgehead atoms. The molecule has 0 aliphatic rings. The number of benzene rings is 1. The Morgan fingerprint density at radius 2 is 2.00 bits per heavy atom. The van der Waals surface area contributed by atoms with Crippen LogP contribution in [-0.4, -0.2) is 18.7 Å². The van der Waals surface area contributed by atoms with Crippen molar-refractivity contribution in [1.82, 2.24) is 0 Å². The minimum absolute atomic E-state index is 0.0727. The lowest BCUT2D eigenvalue weighted by Gasteiger charge is -2.10. The van der Waals surface area contributed by atoms with E-state index in [0.29, 0.717) is 0 Å². The molecule has 0 aliphatic carbocycles. The second kappa shape index (κ2) is 4.94. The number of amides is 1. The summed E-state index contributed by atoms with van der Waals surface area (Å²) in [7, 11) is 0. The van der Waals surface area contributed by atoms with Crippen molar-refractivity contribution in [1.29, 1.82) is 0 Å². The molecule has 0 atom stereocenters. The van der Waals surface area contributed by atoms with Crippen LogP contribution in [0.3, 0.4) is 0 Å². The first kappa shape index (κ1) is 13.1. The number of hydrogen-bond donors (Lipinski definition) is 2. The monoisotopic (exact) mass is 248 g/mol. The highest BCUT2D eigenvalue weighted by Crippen LogP contribution is 2.24. The maximum atomic E-state index is 11.9. The van der Waals surface area contributed by atoms with Crippen LogP contribution in [0.1, 0.15) is 16.8 Å². The zero-order valence-corrected chi connectivity index (χ0v) is 8.75. The molecule has 0 radical (unpaired) electrons. The van der Waals surface area contributed by atoms with Crippen LogP contribution in [0.4, 0.5) is 18.9 Å². The fourth-order valence-electron chi connectivity index (χ4n) is 1.11. The average Bonchev–Trinajstić information content (AvgIpc) is 2.18. The summed E-state index contributed by atoms with van der Waals surface area (Å²) in [4.78, 5) is 10.8. The Bertz CT molecular complexity index is 419. The Balaban J connectivity index is 2.64. The van der Waals surface area contributed by atoms with Crippen LogP contribution in [-0.2, 0) is 0 Å². The Morgan fingerprint density at radius 3 is 2.47 bits per heavy atom. The van der Waals surface area contributed by atoms with Crippen molar-refractivity contribution in [3.63, 3.8) is 0 Å². The summed E-state index contributed by atoms with van der Waals surface area (Å²) >= 11 is 0. The van der Waals surface area contributed by atoms with Gasteiger partial charge in [0.2, 0.25) is 5.91 Å². The zero-order valence-electron chi connectivity index (χ0n) is 8.75. The highest BCUT2D eigenvalue weighted by molar-refractivity contribution is 5.94. The van der Waals surface area contributed by atoms with Gasteiger partial charge in [-0.25, -0.2) is 0 Å². The van der Waals surface area contributed by atoms with E-state index in [9.17, 15) is 18.0 Å². The lowest BCUT2D eigenvalue weighted by atomic mass is 10.2. The summed E-state index contributed by atoms with van der Waals surface area (Å²) < 4.78 is 40.4. The summed E-state index contributed by atoms with van der Waals surface area (Å²) in [6.45, 7) is -0.524. The lowest BCUT2D eigenvalue weighted by molar-refractivity contribution is -0.139. The molecule has 0 saturated heterocycles. The van der Waals surface area contributed by atoms with Crippen LogP contribution in [0.25, 0.3) is 0 Å². The summed E-state index contributed by atoms with van der Waals surface area (Å²) in [5.41, 5.74) is 10.7. The Morgan fingerprint density at radius 1 is 1.35 bits per heavy atom. The van der Waals surface area contributed by atoms with Crippen molar-refractivity contribution in [2.45, 2.75) is 12.6 Å². The van der Waals surface area contributed by atoms with Gasteiger partial charge in [-0.3, -0.25) is 4.79 Å². The normalized spacial score (nSPS) is 11.2. The largest absolute Gasteiger partial charge is 0.491 e. The molecular weight excluding hydrogens is 237 g/mol. The van der Waals surface area contributed by atoms with Gasteiger partial charge in [-0.2, -0.15) is 13.2 Å². The summed E-state index contributed by atoms with van der Waals surface area (Å²) in [5, 5.41) is 0. The van der Waals surface area contributed by atoms with Gasteiger partial charge in [0.1, 0.15) is 5.75 Å². The summed E-state index contributed by atoms with van der Waals surface area (Å²) in [6.07, 6.45) is -5.34. The molecule has 1 amide bonds. The van der Waals surface area contributed by atoms with E-state index in [1.165, 1.54) is 18.2 Å². The van der Waals surface area contributed by atoms with E-state index in [1.807, 2.05) is 0 Å². The Labute approximate surface area is 95.3 Å². The second-order valence-electron chi connectivity index (χ2n) is 3.33. The first-order chi connectivity index (χ1) is 7.79. The molecular formula is C10H11F3N2O2. The molecule has 0 spiro atoms. The first-order valence-corrected chi connectivity index (χ1v) is 4.68. The predicted molar refractivity (Wildman–Crippen MR) is 55.5 cm³/mol. The van der Waals surface area contributed by atoms with E-state index in [1.54, 1.807) is 0 Å². The number of hydrogen-bond acceptors (Lipinski definition) is 3. The third kappa shape index (κ3) is 4.21. The van der Waals surface area contributed by atoms with Crippen molar-refractivity contribution < 1.29 is 22.7 Å². The number of halogens is 3. The minimum Gasteiger partial charge on any atom is -0.491 e. The van der Waals surface area contributed by atoms with Crippen LogP contribution in [0.5, 0.6) is 5.75 Å². The quantitative estimate of drug-likeness (QED) is 0.796. The molecule has 94 valence electrons. The molecule has 4 N–H and O–H groups in total.